The first-order valence-electron chi connectivity index (χ1n) is 7.43. The standard InChI is InChI=1S/C16H25NO2/c18-14-15-6-8-16(9-7-15)19-13-5-4-12-17-10-2-1-3-11-17/h6-9,18H,1-5,10-14H2. The van der Waals surface area contributed by atoms with E-state index < -0.39 is 0 Å². The Morgan fingerprint density at radius 2 is 1.74 bits per heavy atom. The van der Waals surface area contributed by atoms with Gasteiger partial charge < -0.3 is 14.7 Å². The van der Waals surface area contributed by atoms with Gasteiger partial charge in [0.05, 0.1) is 13.2 Å². The van der Waals surface area contributed by atoms with Crippen LogP contribution in [0.5, 0.6) is 5.75 Å². The van der Waals surface area contributed by atoms with Crippen LogP contribution in [0.1, 0.15) is 37.7 Å². The minimum absolute atomic E-state index is 0.0934. The third kappa shape index (κ3) is 5.21. The Balaban J connectivity index is 1.55. The molecule has 1 fully saturated rings. The summed E-state index contributed by atoms with van der Waals surface area (Å²) >= 11 is 0. The molecule has 106 valence electrons. The van der Waals surface area contributed by atoms with E-state index in [2.05, 4.69) is 4.90 Å². The van der Waals surface area contributed by atoms with E-state index in [9.17, 15) is 0 Å². The topological polar surface area (TPSA) is 32.7 Å². The van der Waals surface area contributed by atoms with Crippen molar-refractivity contribution in [1.82, 2.24) is 4.90 Å². The second kappa shape index (κ2) is 8.18. The first-order valence-corrected chi connectivity index (χ1v) is 7.43. The van der Waals surface area contributed by atoms with E-state index in [1.54, 1.807) is 0 Å². The van der Waals surface area contributed by atoms with Gasteiger partial charge in [-0.25, -0.2) is 0 Å². The zero-order valence-corrected chi connectivity index (χ0v) is 11.7. The monoisotopic (exact) mass is 263 g/mol. The van der Waals surface area contributed by atoms with Gasteiger partial charge >= 0.3 is 0 Å². The molecule has 1 aliphatic rings. The molecule has 0 unspecified atom stereocenters. The Morgan fingerprint density at radius 3 is 2.42 bits per heavy atom. The zero-order chi connectivity index (χ0) is 13.3. The van der Waals surface area contributed by atoms with Gasteiger partial charge in [-0.05, 0) is 63.0 Å². The number of rotatable bonds is 7. The summed E-state index contributed by atoms with van der Waals surface area (Å²) in [5.41, 5.74) is 0.928. The number of nitrogens with zero attached hydrogens (tertiary/aromatic N) is 1. The van der Waals surface area contributed by atoms with Gasteiger partial charge in [0.2, 0.25) is 0 Å². The van der Waals surface area contributed by atoms with Crippen molar-refractivity contribution in [2.24, 2.45) is 0 Å². The zero-order valence-electron chi connectivity index (χ0n) is 11.7. The lowest BCUT2D eigenvalue weighted by Crippen LogP contribution is -2.30. The molecule has 0 atom stereocenters. The predicted molar refractivity (Wildman–Crippen MR) is 77.4 cm³/mol. The predicted octanol–water partition coefficient (Wildman–Crippen LogP) is 2.82. The quantitative estimate of drug-likeness (QED) is 0.768. The van der Waals surface area contributed by atoms with Gasteiger partial charge in [-0.3, -0.25) is 0 Å². The maximum atomic E-state index is 8.95. The number of unbranched alkanes of at least 4 members (excludes halogenated alkanes) is 1. The van der Waals surface area contributed by atoms with Crippen LogP contribution in [0.15, 0.2) is 24.3 Å². The maximum Gasteiger partial charge on any atom is 0.119 e. The molecule has 0 spiro atoms. The van der Waals surface area contributed by atoms with E-state index in [4.69, 9.17) is 9.84 Å². The molecule has 1 N–H and O–H groups in total. The summed E-state index contributed by atoms with van der Waals surface area (Å²) in [6.07, 6.45) is 6.47. The molecule has 1 heterocycles. The van der Waals surface area contributed by atoms with E-state index in [0.717, 1.165) is 24.3 Å². The fourth-order valence-corrected chi connectivity index (χ4v) is 2.50. The minimum Gasteiger partial charge on any atom is -0.494 e. The number of piperidine rings is 1. The van der Waals surface area contributed by atoms with Gasteiger partial charge in [0, 0.05) is 0 Å². The highest BCUT2D eigenvalue weighted by Crippen LogP contribution is 2.13. The largest absolute Gasteiger partial charge is 0.494 e. The van der Waals surface area contributed by atoms with Gasteiger partial charge in [-0.2, -0.15) is 0 Å². The van der Waals surface area contributed by atoms with E-state index in [1.165, 1.54) is 45.3 Å². The molecule has 0 aliphatic carbocycles. The molecular formula is C16H25NO2. The molecule has 1 saturated heterocycles. The highest BCUT2D eigenvalue weighted by molar-refractivity contribution is 5.26. The summed E-state index contributed by atoms with van der Waals surface area (Å²) in [4.78, 5) is 2.57. The molecule has 3 heteroatoms. The van der Waals surface area contributed by atoms with Gasteiger partial charge in [-0.15, -0.1) is 0 Å². The molecule has 1 aromatic rings. The van der Waals surface area contributed by atoms with Crippen molar-refractivity contribution in [2.75, 3.05) is 26.2 Å². The lowest BCUT2D eigenvalue weighted by Gasteiger charge is -2.26. The van der Waals surface area contributed by atoms with Gasteiger partial charge in [0.1, 0.15) is 5.75 Å². The first kappa shape index (κ1) is 14.4. The molecule has 0 amide bonds. The number of aliphatic hydroxyl groups excluding tert-OH is 1. The summed E-state index contributed by atoms with van der Waals surface area (Å²) in [7, 11) is 0. The molecule has 1 aromatic carbocycles. The third-order valence-electron chi connectivity index (χ3n) is 3.69. The van der Waals surface area contributed by atoms with Crippen LogP contribution in [0.3, 0.4) is 0 Å². The van der Waals surface area contributed by atoms with Crippen LogP contribution in [0.2, 0.25) is 0 Å². The van der Waals surface area contributed by atoms with Crippen molar-refractivity contribution in [1.29, 1.82) is 0 Å². The van der Waals surface area contributed by atoms with Crippen LogP contribution >= 0.6 is 0 Å². The lowest BCUT2D eigenvalue weighted by atomic mass is 10.1. The van der Waals surface area contributed by atoms with Crippen LogP contribution in [-0.2, 0) is 6.61 Å². The molecule has 0 aromatic heterocycles. The molecule has 0 saturated carbocycles. The van der Waals surface area contributed by atoms with Crippen LogP contribution in [0.4, 0.5) is 0 Å². The van der Waals surface area contributed by atoms with Crippen LogP contribution in [-0.4, -0.2) is 36.2 Å². The Kier molecular flexibility index (Phi) is 6.18. The molecule has 3 nitrogen and oxygen atoms in total. The van der Waals surface area contributed by atoms with E-state index in [1.807, 2.05) is 24.3 Å². The van der Waals surface area contributed by atoms with E-state index in [0.29, 0.717) is 0 Å². The second-order valence-electron chi connectivity index (χ2n) is 5.26. The molecular weight excluding hydrogens is 238 g/mol. The smallest absolute Gasteiger partial charge is 0.119 e. The van der Waals surface area contributed by atoms with Crippen molar-refractivity contribution in [3.05, 3.63) is 29.8 Å². The number of aliphatic hydroxyl groups is 1. The van der Waals surface area contributed by atoms with Crippen molar-refractivity contribution in [2.45, 2.75) is 38.7 Å². The van der Waals surface area contributed by atoms with E-state index >= 15 is 0 Å². The third-order valence-corrected chi connectivity index (χ3v) is 3.69. The van der Waals surface area contributed by atoms with Crippen molar-refractivity contribution < 1.29 is 9.84 Å². The van der Waals surface area contributed by atoms with Gasteiger partial charge in [0.15, 0.2) is 0 Å². The normalized spacial score (nSPS) is 16.5. The molecule has 1 aliphatic heterocycles. The molecule has 19 heavy (non-hydrogen) atoms. The molecule has 2 rings (SSSR count). The average molecular weight is 263 g/mol. The summed E-state index contributed by atoms with van der Waals surface area (Å²) < 4.78 is 5.69. The van der Waals surface area contributed by atoms with Gasteiger partial charge in [-0.1, -0.05) is 18.6 Å². The van der Waals surface area contributed by atoms with Crippen molar-refractivity contribution in [3.8, 4) is 5.75 Å². The van der Waals surface area contributed by atoms with Gasteiger partial charge in [0.25, 0.3) is 0 Å². The number of hydrogen-bond acceptors (Lipinski definition) is 3. The second-order valence-corrected chi connectivity index (χ2v) is 5.26. The Labute approximate surface area is 116 Å². The average Bonchev–Trinajstić information content (AvgIpc) is 2.49. The lowest BCUT2D eigenvalue weighted by molar-refractivity contribution is 0.216. The van der Waals surface area contributed by atoms with Crippen LogP contribution < -0.4 is 4.74 Å². The highest BCUT2D eigenvalue weighted by atomic mass is 16.5. The van der Waals surface area contributed by atoms with E-state index in [-0.39, 0.29) is 6.61 Å². The fourth-order valence-electron chi connectivity index (χ4n) is 2.50. The van der Waals surface area contributed by atoms with Crippen molar-refractivity contribution >= 4 is 0 Å². The minimum atomic E-state index is 0.0934. The summed E-state index contributed by atoms with van der Waals surface area (Å²) in [6, 6.07) is 7.67. The number of hydrogen-bond donors (Lipinski definition) is 1. The Bertz CT molecular complexity index is 344. The SMILES string of the molecule is OCc1ccc(OCCCCN2CCCCC2)cc1. The van der Waals surface area contributed by atoms with Crippen molar-refractivity contribution in [3.63, 3.8) is 0 Å². The number of ether oxygens (including phenoxy) is 1. The number of benzene rings is 1. The highest BCUT2D eigenvalue weighted by Gasteiger charge is 2.08. The fraction of sp³-hybridized carbons (Fsp3) is 0.625. The van der Waals surface area contributed by atoms with Crippen LogP contribution in [0, 0.1) is 0 Å². The summed E-state index contributed by atoms with van der Waals surface area (Å²) in [6.45, 7) is 4.65. The molecule has 0 bridgehead atoms. The summed E-state index contributed by atoms with van der Waals surface area (Å²) in [5.74, 6) is 0.898. The number of likely N-dealkylation sites (tertiary alicyclic amines) is 1. The summed E-state index contributed by atoms with van der Waals surface area (Å²) in [5, 5.41) is 8.95. The Morgan fingerprint density at radius 1 is 1.00 bits per heavy atom. The van der Waals surface area contributed by atoms with Crippen LogP contribution in [0.25, 0.3) is 0 Å². The molecule has 0 radical (unpaired) electrons. The maximum absolute atomic E-state index is 8.95. The first-order chi connectivity index (χ1) is 9.38. The Hall–Kier alpha value is -1.06.